The summed E-state index contributed by atoms with van der Waals surface area (Å²) in [5.41, 5.74) is 1.28. The van der Waals surface area contributed by atoms with Crippen LogP contribution in [0.2, 0.25) is 4.34 Å². The number of benzene rings is 1. The van der Waals surface area contributed by atoms with E-state index in [2.05, 4.69) is 10.3 Å². The van der Waals surface area contributed by atoms with Crippen LogP contribution in [0.4, 0.5) is 10.1 Å². The summed E-state index contributed by atoms with van der Waals surface area (Å²) in [6.07, 6.45) is 1.74. The summed E-state index contributed by atoms with van der Waals surface area (Å²) in [5, 5.41) is 3.76. The first-order chi connectivity index (χ1) is 12.1. The summed E-state index contributed by atoms with van der Waals surface area (Å²) >= 11 is 13.1. The zero-order chi connectivity index (χ0) is 17.4. The molecule has 1 aliphatic rings. The number of para-hydroxylation sites is 1. The van der Waals surface area contributed by atoms with Gasteiger partial charge >= 0.3 is 0 Å². The Morgan fingerprint density at radius 3 is 2.60 bits per heavy atom. The lowest BCUT2D eigenvalue weighted by Crippen LogP contribution is -2.29. The van der Waals surface area contributed by atoms with Gasteiger partial charge in [-0.15, -0.1) is 11.3 Å². The van der Waals surface area contributed by atoms with E-state index < -0.39 is 0 Å². The molecule has 0 unspecified atom stereocenters. The summed E-state index contributed by atoms with van der Waals surface area (Å²) < 4.78 is 15.2. The van der Waals surface area contributed by atoms with Crippen LogP contribution in [0.25, 0.3) is 0 Å². The number of halogens is 2. The van der Waals surface area contributed by atoms with Crippen molar-refractivity contribution in [2.24, 2.45) is 0 Å². The highest BCUT2D eigenvalue weighted by molar-refractivity contribution is 7.80. The maximum atomic E-state index is 14.5. The third kappa shape index (κ3) is 3.01. The molecule has 3 heterocycles. The maximum absolute atomic E-state index is 14.5. The molecular weight excluding hydrogens is 377 g/mol. The molecule has 2 atom stereocenters. The van der Waals surface area contributed by atoms with Crippen molar-refractivity contribution in [2.45, 2.75) is 12.1 Å². The number of thiocarbonyl (C=S) groups is 1. The van der Waals surface area contributed by atoms with Crippen LogP contribution in [0.15, 0.2) is 60.8 Å². The predicted molar refractivity (Wildman–Crippen MR) is 104 cm³/mol. The number of rotatable bonds is 3. The molecule has 126 valence electrons. The summed E-state index contributed by atoms with van der Waals surface area (Å²) in [6.45, 7) is 0. The average molecular weight is 390 g/mol. The first-order valence-electron chi connectivity index (χ1n) is 7.65. The van der Waals surface area contributed by atoms with Crippen molar-refractivity contribution in [2.75, 3.05) is 4.90 Å². The van der Waals surface area contributed by atoms with Crippen LogP contribution in [-0.4, -0.2) is 10.1 Å². The van der Waals surface area contributed by atoms with E-state index in [0.717, 1.165) is 10.6 Å². The van der Waals surface area contributed by atoms with Gasteiger partial charge in [-0.25, -0.2) is 4.39 Å². The van der Waals surface area contributed by atoms with Gasteiger partial charge in [0.1, 0.15) is 5.82 Å². The molecule has 4 rings (SSSR count). The zero-order valence-corrected chi connectivity index (χ0v) is 15.3. The molecule has 0 bridgehead atoms. The summed E-state index contributed by atoms with van der Waals surface area (Å²) in [6, 6.07) is 15.7. The number of thiophene rings is 1. The number of hydrogen-bond donors (Lipinski definition) is 1. The Hall–Kier alpha value is -2.02. The topological polar surface area (TPSA) is 28.2 Å². The van der Waals surface area contributed by atoms with Crippen LogP contribution in [-0.2, 0) is 0 Å². The smallest absolute Gasteiger partial charge is 0.174 e. The third-order valence-electron chi connectivity index (χ3n) is 4.10. The highest BCUT2D eigenvalue weighted by Gasteiger charge is 2.42. The van der Waals surface area contributed by atoms with E-state index in [9.17, 15) is 4.39 Å². The second-order valence-electron chi connectivity index (χ2n) is 5.59. The van der Waals surface area contributed by atoms with E-state index in [1.54, 1.807) is 24.4 Å². The van der Waals surface area contributed by atoms with Crippen LogP contribution in [0, 0.1) is 5.82 Å². The molecule has 25 heavy (non-hydrogen) atoms. The molecule has 1 fully saturated rings. The molecular formula is C18H13ClFN3S2. The summed E-state index contributed by atoms with van der Waals surface area (Å²) in [7, 11) is 0. The van der Waals surface area contributed by atoms with Gasteiger partial charge in [0.05, 0.1) is 27.8 Å². The molecule has 3 nitrogen and oxygen atoms in total. The molecule has 1 N–H and O–H groups in total. The van der Waals surface area contributed by atoms with Crippen molar-refractivity contribution in [3.05, 3.63) is 81.5 Å². The van der Waals surface area contributed by atoms with Gasteiger partial charge in [-0.05, 0) is 48.6 Å². The van der Waals surface area contributed by atoms with E-state index in [-0.39, 0.29) is 17.9 Å². The van der Waals surface area contributed by atoms with Crippen molar-refractivity contribution in [1.29, 1.82) is 0 Å². The second-order valence-corrected chi connectivity index (χ2v) is 7.72. The Kier molecular flexibility index (Phi) is 4.41. The van der Waals surface area contributed by atoms with Gasteiger partial charge in [0, 0.05) is 11.1 Å². The molecule has 0 radical (unpaired) electrons. The highest BCUT2D eigenvalue weighted by atomic mass is 35.5. The van der Waals surface area contributed by atoms with Gasteiger partial charge in [-0.3, -0.25) is 4.98 Å². The largest absolute Gasteiger partial charge is 0.351 e. The van der Waals surface area contributed by atoms with Gasteiger partial charge < -0.3 is 10.2 Å². The molecule has 0 amide bonds. The summed E-state index contributed by atoms with van der Waals surface area (Å²) in [4.78, 5) is 7.27. The Morgan fingerprint density at radius 2 is 1.92 bits per heavy atom. The lowest BCUT2D eigenvalue weighted by Gasteiger charge is -2.27. The fourth-order valence-corrected chi connectivity index (χ4v) is 4.57. The van der Waals surface area contributed by atoms with Gasteiger partial charge in [0.2, 0.25) is 0 Å². The molecule has 0 saturated carbocycles. The SMILES string of the molecule is Fc1ccccc1N1C(=S)N[C@@H](c2ccccn2)[C@@H]1c1ccc(Cl)s1. The maximum Gasteiger partial charge on any atom is 0.174 e. The van der Waals surface area contributed by atoms with Crippen molar-refractivity contribution in [3.8, 4) is 0 Å². The van der Waals surface area contributed by atoms with E-state index in [4.69, 9.17) is 23.8 Å². The minimum atomic E-state index is -0.319. The number of aromatic nitrogens is 1. The van der Waals surface area contributed by atoms with Gasteiger partial charge in [0.25, 0.3) is 0 Å². The Labute approximate surface area is 159 Å². The molecule has 1 saturated heterocycles. The van der Waals surface area contributed by atoms with Crippen molar-refractivity contribution < 1.29 is 4.39 Å². The Balaban J connectivity index is 1.85. The predicted octanol–water partition coefficient (Wildman–Crippen LogP) is 5.11. The normalized spacial score (nSPS) is 19.9. The molecule has 3 aromatic rings. The number of nitrogens with one attached hydrogen (secondary N) is 1. The minimum absolute atomic E-state index is 0.192. The lowest BCUT2D eigenvalue weighted by atomic mass is 10.0. The fourth-order valence-electron chi connectivity index (χ4n) is 3.04. The van der Waals surface area contributed by atoms with Crippen LogP contribution in [0.1, 0.15) is 22.7 Å². The van der Waals surface area contributed by atoms with Crippen LogP contribution >= 0.6 is 35.2 Å². The van der Waals surface area contributed by atoms with Gasteiger partial charge in [0.15, 0.2) is 5.11 Å². The van der Waals surface area contributed by atoms with E-state index >= 15 is 0 Å². The van der Waals surface area contributed by atoms with Crippen LogP contribution in [0.5, 0.6) is 0 Å². The van der Waals surface area contributed by atoms with Crippen molar-refractivity contribution in [1.82, 2.24) is 10.3 Å². The van der Waals surface area contributed by atoms with Crippen LogP contribution < -0.4 is 10.2 Å². The molecule has 1 aliphatic heterocycles. The first kappa shape index (κ1) is 16.4. The third-order valence-corrected chi connectivity index (χ3v) is 5.71. The van der Waals surface area contributed by atoms with E-state index in [1.807, 2.05) is 35.2 Å². The minimum Gasteiger partial charge on any atom is -0.351 e. The summed E-state index contributed by atoms with van der Waals surface area (Å²) in [5.74, 6) is -0.319. The lowest BCUT2D eigenvalue weighted by molar-refractivity contribution is 0.565. The highest BCUT2D eigenvalue weighted by Crippen LogP contribution is 2.44. The van der Waals surface area contributed by atoms with Crippen molar-refractivity contribution in [3.63, 3.8) is 0 Å². The molecule has 2 aromatic heterocycles. The van der Waals surface area contributed by atoms with Gasteiger partial charge in [-0.2, -0.15) is 0 Å². The fraction of sp³-hybridized carbons (Fsp3) is 0.111. The first-order valence-corrected chi connectivity index (χ1v) is 9.26. The average Bonchev–Trinajstić information content (AvgIpc) is 3.19. The molecule has 0 spiro atoms. The molecule has 0 aliphatic carbocycles. The Morgan fingerprint density at radius 1 is 1.12 bits per heavy atom. The monoisotopic (exact) mass is 389 g/mol. The van der Waals surface area contributed by atoms with E-state index in [0.29, 0.717) is 15.1 Å². The number of anilines is 1. The second kappa shape index (κ2) is 6.71. The van der Waals surface area contributed by atoms with Crippen molar-refractivity contribution >= 4 is 46.0 Å². The van der Waals surface area contributed by atoms with Crippen LogP contribution in [0.3, 0.4) is 0 Å². The molecule has 1 aromatic carbocycles. The Bertz CT molecular complexity index is 915. The number of nitrogens with zero attached hydrogens (tertiary/aromatic N) is 2. The zero-order valence-electron chi connectivity index (χ0n) is 12.9. The standard InChI is InChI=1S/C18H13ClFN3S2/c19-15-9-8-14(25-15)17-16(12-6-3-4-10-21-12)22-18(24)23(17)13-7-2-1-5-11(13)20/h1-10,16-17H,(H,22,24)/t16-,17-/m0/s1. The quantitative estimate of drug-likeness (QED) is 0.630. The molecule has 7 heteroatoms. The van der Waals surface area contributed by atoms with E-state index in [1.165, 1.54) is 17.4 Å². The van der Waals surface area contributed by atoms with Gasteiger partial charge in [-0.1, -0.05) is 29.8 Å². The number of hydrogen-bond acceptors (Lipinski definition) is 3. The number of pyridine rings is 1.